The maximum Gasteiger partial charge on any atom is 0.310 e. The fraction of sp³-hybridized carbons (Fsp3) is 0.500. The Bertz CT molecular complexity index is 441. The molecule has 18 heavy (non-hydrogen) atoms. The van der Waals surface area contributed by atoms with Crippen LogP contribution in [0.5, 0.6) is 5.75 Å². The monoisotopic (exact) mass is 252 g/mol. The molecule has 1 aromatic carbocycles. The van der Waals surface area contributed by atoms with E-state index in [2.05, 4.69) is 0 Å². The molecular weight excluding hydrogens is 235 g/mol. The van der Waals surface area contributed by atoms with Crippen LogP contribution in [0, 0.1) is 11.7 Å². The molecule has 0 aromatic heterocycles. The lowest BCUT2D eigenvalue weighted by atomic mass is 9.86. The molecule has 0 aliphatic heterocycles. The number of hydrogen-bond donors (Lipinski definition) is 1. The summed E-state index contributed by atoms with van der Waals surface area (Å²) in [6.07, 6.45) is 3.56. The van der Waals surface area contributed by atoms with Crippen molar-refractivity contribution in [2.75, 3.05) is 6.61 Å². The molecule has 0 saturated heterocycles. The van der Waals surface area contributed by atoms with Crippen molar-refractivity contribution in [3.63, 3.8) is 0 Å². The summed E-state index contributed by atoms with van der Waals surface area (Å²) >= 11 is 0. The smallest absolute Gasteiger partial charge is 0.310 e. The molecule has 1 aliphatic rings. The number of aliphatic carboxylic acids is 1. The highest BCUT2D eigenvalue weighted by Crippen LogP contribution is 2.28. The molecule has 0 bridgehead atoms. The number of carboxylic acid groups (broad SMARTS) is 1. The van der Waals surface area contributed by atoms with E-state index in [0.29, 0.717) is 23.8 Å². The van der Waals surface area contributed by atoms with Gasteiger partial charge >= 0.3 is 5.97 Å². The lowest BCUT2D eigenvalue weighted by molar-refractivity contribution is -0.138. The van der Waals surface area contributed by atoms with E-state index >= 15 is 0 Å². The van der Waals surface area contributed by atoms with E-state index in [1.165, 1.54) is 25.5 Å². The second-order valence-corrected chi connectivity index (χ2v) is 4.89. The third-order valence-corrected chi connectivity index (χ3v) is 3.47. The summed E-state index contributed by atoms with van der Waals surface area (Å²) in [5, 5.41) is 8.92. The second kappa shape index (κ2) is 5.38. The van der Waals surface area contributed by atoms with Gasteiger partial charge in [0.15, 0.2) is 0 Å². The molecule has 1 saturated carbocycles. The minimum atomic E-state index is -0.967. The predicted octanol–water partition coefficient (Wildman–Crippen LogP) is 3.19. The molecule has 0 heterocycles. The topological polar surface area (TPSA) is 46.5 Å². The van der Waals surface area contributed by atoms with E-state index < -0.39 is 17.7 Å². The van der Waals surface area contributed by atoms with Crippen molar-refractivity contribution in [1.82, 2.24) is 0 Å². The summed E-state index contributed by atoms with van der Waals surface area (Å²) in [6, 6.07) is 4.16. The fourth-order valence-electron chi connectivity index (χ4n) is 1.93. The van der Waals surface area contributed by atoms with Crippen LogP contribution in [0.2, 0.25) is 0 Å². The first-order chi connectivity index (χ1) is 8.56. The van der Waals surface area contributed by atoms with Crippen molar-refractivity contribution in [3.05, 3.63) is 29.6 Å². The lowest BCUT2D eigenvalue weighted by Gasteiger charge is -2.25. The van der Waals surface area contributed by atoms with Crippen LogP contribution in [0.25, 0.3) is 0 Å². The van der Waals surface area contributed by atoms with Crippen LogP contribution < -0.4 is 4.74 Å². The van der Waals surface area contributed by atoms with Crippen LogP contribution in [-0.4, -0.2) is 17.7 Å². The molecule has 1 N–H and O–H groups in total. The Kier molecular flexibility index (Phi) is 3.84. The van der Waals surface area contributed by atoms with Crippen LogP contribution in [0.4, 0.5) is 4.39 Å². The quantitative estimate of drug-likeness (QED) is 0.875. The van der Waals surface area contributed by atoms with Gasteiger partial charge in [0.2, 0.25) is 0 Å². The molecule has 1 aliphatic carbocycles. The molecule has 1 fully saturated rings. The van der Waals surface area contributed by atoms with Crippen molar-refractivity contribution >= 4 is 5.97 Å². The Morgan fingerprint density at radius 1 is 1.50 bits per heavy atom. The molecule has 1 unspecified atom stereocenters. The second-order valence-electron chi connectivity index (χ2n) is 4.89. The van der Waals surface area contributed by atoms with E-state index in [4.69, 9.17) is 9.84 Å². The third kappa shape index (κ3) is 3.00. The molecule has 0 radical (unpaired) electrons. The van der Waals surface area contributed by atoms with E-state index in [1.807, 2.05) is 0 Å². The van der Waals surface area contributed by atoms with E-state index in [-0.39, 0.29) is 0 Å². The maximum absolute atomic E-state index is 13.4. The predicted molar refractivity (Wildman–Crippen MR) is 65.3 cm³/mol. The minimum absolute atomic E-state index is 0.421. The largest absolute Gasteiger partial charge is 0.493 e. The van der Waals surface area contributed by atoms with Crippen molar-refractivity contribution in [3.8, 4) is 5.75 Å². The van der Waals surface area contributed by atoms with Crippen LogP contribution >= 0.6 is 0 Å². The van der Waals surface area contributed by atoms with Gasteiger partial charge in [0.05, 0.1) is 12.5 Å². The van der Waals surface area contributed by atoms with Crippen LogP contribution in [0.1, 0.15) is 37.7 Å². The number of hydrogen-bond acceptors (Lipinski definition) is 2. The molecule has 0 spiro atoms. The summed E-state index contributed by atoms with van der Waals surface area (Å²) in [5.41, 5.74) is 0.436. The molecule has 2 rings (SSSR count). The normalized spacial score (nSPS) is 17.0. The van der Waals surface area contributed by atoms with E-state index in [0.717, 1.165) is 12.8 Å². The Hall–Kier alpha value is -1.58. The average molecular weight is 252 g/mol. The maximum atomic E-state index is 13.4. The van der Waals surface area contributed by atoms with Gasteiger partial charge in [-0.1, -0.05) is 6.42 Å². The number of carbonyl (C=O) groups is 1. The number of halogens is 1. The Balaban J connectivity index is 2.07. The molecule has 1 aromatic rings. The first-order valence-electron chi connectivity index (χ1n) is 6.22. The zero-order valence-corrected chi connectivity index (χ0v) is 10.4. The van der Waals surface area contributed by atoms with Gasteiger partial charge in [0, 0.05) is 6.07 Å². The van der Waals surface area contributed by atoms with Crippen LogP contribution in [0.15, 0.2) is 18.2 Å². The molecular formula is C14H17FO3. The molecule has 3 nitrogen and oxygen atoms in total. The summed E-state index contributed by atoms with van der Waals surface area (Å²) in [6.45, 7) is 2.12. The lowest BCUT2D eigenvalue weighted by Crippen LogP contribution is -2.19. The molecule has 4 heteroatoms. The summed E-state index contributed by atoms with van der Waals surface area (Å²) in [7, 11) is 0. The van der Waals surface area contributed by atoms with Gasteiger partial charge in [0.25, 0.3) is 0 Å². The van der Waals surface area contributed by atoms with E-state index in [1.54, 1.807) is 6.07 Å². The Morgan fingerprint density at radius 3 is 2.78 bits per heavy atom. The minimum Gasteiger partial charge on any atom is -0.493 e. The number of benzene rings is 1. The standard InChI is InChI=1S/C14H17FO3/c1-9(14(16)17)11-5-12(15)7-13(6-11)18-8-10-3-2-4-10/h5-7,9-10H,2-4,8H2,1H3,(H,16,17). The first kappa shape index (κ1) is 12.9. The summed E-state index contributed by atoms with van der Waals surface area (Å²) in [5.74, 6) is -1.17. The summed E-state index contributed by atoms with van der Waals surface area (Å²) < 4.78 is 18.9. The molecule has 1 atom stereocenters. The third-order valence-electron chi connectivity index (χ3n) is 3.47. The molecule has 98 valence electrons. The van der Waals surface area contributed by atoms with Crippen molar-refractivity contribution in [1.29, 1.82) is 0 Å². The van der Waals surface area contributed by atoms with Gasteiger partial charge in [-0.05, 0) is 43.4 Å². The van der Waals surface area contributed by atoms with Crippen molar-refractivity contribution in [2.24, 2.45) is 5.92 Å². The van der Waals surface area contributed by atoms with Crippen molar-refractivity contribution < 1.29 is 19.0 Å². The highest BCUT2D eigenvalue weighted by atomic mass is 19.1. The Labute approximate surface area is 106 Å². The number of carboxylic acids is 1. The zero-order chi connectivity index (χ0) is 13.1. The summed E-state index contributed by atoms with van der Waals surface area (Å²) in [4.78, 5) is 10.9. The highest BCUT2D eigenvalue weighted by molar-refractivity contribution is 5.75. The van der Waals surface area contributed by atoms with Gasteiger partial charge in [-0.3, -0.25) is 4.79 Å². The van der Waals surface area contributed by atoms with Gasteiger partial charge in [-0.25, -0.2) is 4.39 Å². The fourth-order valence-corrected chi connectivity index (χ4v) is 1.93. The van der Waals surface area contributed by atoms with Crippen LogP contribution in [0.3, 0.4) is 0 Å². The van der Waals surface area contributed by atoms with Gasteiger partial charge in [0.1, 0.15) is 11.6 Å². The van der Waals surface area contributed by atoms with Crippen LogP contribution in [-0.2, 0) is 4.79 Å². The number of rotatable bonds is 5. The SMILES string of the molecule is CC(C(=O)O)c1cc(F)cc(OCC2CCC2)c1. The number of ether oxygens (including phenoxy) is 1. The highest BCUT2D eigenvalue weighted by Gasteiger charge is 2.19. The van der Waals surface area contributed by atoms with Gasteiger partial charge < -0.3 is 9.84 Å². The van der Waals surface area contributed by atoms with Gasteiger partial charge in [-0.15, -0.1) is 0 Å². The van der Waals surface area contributed by atoms with Crippen molar-refractivity contribution in [2.45, 2.75) is 32.1 Å². The first-order valence-corrected chi connectivity index (χ1v) is 6.22. The van der Waals surface area contributed by atoms with Gasteiger partial charge in [-0.2, -0.15) is 0 Å². The molecule has 0 amide bonds. The zero-order valence-electron chi connectivity index (χ0n) is 10.4. The van der Waals surface area contributed by atoms with E-state index in [9.17, 15) is 9.18 Å². The Morgan fingerprint density at radius 2 is 2.22 bits per heavy atom. The average Bonchev–Trinajstić information content (AvgIpc) is 2.25.